The van der Waals surface area contributed by atoms with Crippen molar-refractivity contribution >= 4 is 17.3 Å². The van der Waals surface area contributed by atoms with Gasteiger partial charge in [-0.3, -0.25) is 10.1 Å². The van der Waals surface area contributed by atoms with E-state index in [1.54, 1.807) is 0 Å². The van der Waals surface area contributed by atoms with E-state index in [1.165, 1.54) is 18.2 Å². The van der Waals surface area contributed by atoms with Gasteiger partial charge < -0.3 is 0 Å². The molecule has 1 aromatic carbocycles. The molecule has 4 heteroatoms. The highest BCUT2D eigenvalue weighted by molar-refractivity contribution is 6.30. The average Bonchev–Trinajstić information content (AvgIpc) is 1.88. The molecular weight excluding hydrogens is 154 g/mol. The topological polar surface area (TPSA) is 43.1 Å². The number of nitrogens with zero attached hydrogens (tertiary/aromatic N) is 1. The van der Waals surface area contributed by atoms with Crippen molar-refractivity contribution in [3.05, 3.63) is 39.4 Å². The van der Waals surface area contributed by atoms with E-state index in [0.29, 0.717) is 0 Å². The van der Waals surface area contributed by atoms with E-state index < -0.39 is 4.92 Å². The van der Waals surface area contributed by atoms with Gasteiger partial charge in [-0.1, -0.05) is 11.6 Å². The van der Waals surface area contributed by atoms with Crippen LogP contribution in [-0.2, 0) is 0 Å². The highest BCUT2D eigenvalue weighted by atomic mass is 35.5. The van der Waals surface area contributed by atoms with E-state index in [0.717, 1.165) is 0 Å². The summed E-state index contributed by atoms with van der Waals surface area (Å²) in [6.45, 7) is 0. The van der Waals surface area contributed by atoms with Gasteiger partial charge in [0.25, 0.3) is 5.69 Å². The Balaban J connectivity index is 3.07. The van der Waals surface area contributed by atoms with E-state index in [1.807, 2.05) is 0 Å². The number of rotatable bonds is 1. The second-order valence-electron chi connectivity index (χ2n) is 1.65. The van der Waals surface area contributed by atoms with Gasteiger partial charge in [0.1, 0.15) is 0 Å². The summed E-state index contributed by atoms with van der Waals surface area (Å²) in [5.74, 6) is 0. The van der Waals surface area contributed by atoms with E-state index in [9.17, 15) is 10.1 Å². The molecule has 51 valence electrons. The van der Waals surface area contributed by atoms with Crippen molar-refractivity contribution in [1.29, 1.82) is 0 Å². The molecule has 0 fully saturated rings. The highest BCUT2D eigenvalue weighted by Crippen LogP contribution is 2.15. The smallest absolute Gasteiger partial charge is 0.258 e. The van der Waals surface area contributed by atoms with Crippen LogP contribution in [0.1, 0.15) is 0 Å². The van der Waals surface area contributed by atoms with Crippen LogP contribution in [0.4, 0.5) is 5.69 Å². The molecule has 0 amide bonds. The Kier molecular flexibility index (Phi) is 1.87. The molecule has 0 spiro atoms. The quantitative estimate of drug-likeness (QED) is 0.461. The molecule has 0 saturated carbocycles. The molecule has 0 aliphatic heterocycles. The third-order valence-electron chi connectivity index (χ3n) is 0.961. The maximum absolute atomic E-state index is 10.1. The van der Waals surface area contributed by atoms with E-state index >= 15 is 0 Å². The van der Waals surface area contributed by atoms with Crippen LogP contribution < -0.4 is 0 Å². The summed E-state index contributed by atoms with van der Waals surface area (Å²) >= 11 is 5.43. The van der Waals surface area contributed by atoms with Crippen molar-refractivity contribution in [2.24, 2.45) is 0 Å². The fourth-order valence-corrected chi connectivity index (χ4v) is 0.715. The maximum atomic E-state index is 10.1. The van der Waals surface area contributed by atoms with Crippen LogP contribution in [-0.4, -0.2) is 4.92 Å². The van der Waals surface area contributed by atoms with Gasteiger partial charge in [0, 0.05) is 18.2 Å². The van der Waals surface area contributed by atoms with Crippen molar-refractivity contribution in [3.63, 3.8) is 0 Å². The molecule has 10 heavy (non-hydrogen) atoms. The Bertz CT molecular complexity index is 262. The molecule has 1 aromatic rings. The van der Waals surface area contributed by atoms with E-state index in [4.69, 9.17) is 11.6 Å². The first-order chi connectivity index (χ1) is 4.70. The maximum Gasteiger partial charge on any atom is 0.270 e. The number of benzene rings is 1. The molecule has 0 bridgehead atoms. The van der Waals surface area contributed by atoms with E-state index in [-0.39, 0.29) is 10.7 Å². The van der Waals surface area contributed by atoms with Gasteiger partial charge in [-0.05, 0) is 6.07 Å². The molecule has 0 N–H and O–H groups in total. The van der Waals surface area contributed by atoms with Gasteiger partial charge in [0.2, 0.25) is 0 Å². The summed E-state index contributed by atoms with van der Waals surface area (Å²) in [5.41, 5.74) is -0.0104. The predicted molar refractivity (Wildman–Crippen MR) is 36.9 cm³/mol. The third kappa shape index (κ3) is 1.45. The minimum absolute atomic E-state index is 0.0104. The first-order valence-electron chi connectivity index (χ1n) is 2.52. The molecule has 0 aromatic heterocycles. The minimum Gasteiger partial charge on any atom is -0.258 e. The number of hydrogen-bond acceptors (Lipinski definition) is 2. The molecule has 0 saturated heterocycles. The minimum atomic E-state index is -0.500. The summed E-state index contributed by atoms with van der Waals surface area (Å²) in [4.78, 5) is 9.59. The fraction of sp³-hybridized carbons (Fsp3) is 0. The molecule has 3 nitrogen and oxygen atoms in total. The van der Waals surface area contributed by atoms with E-state index in [2.05, 4.69) is 6.07 Å². The van der Waals surface area contributed by atoms with Crippen molar-refractivity contribution in [1.82, 2.24) is 0 Å². The lowest BCUT2D eigenvalue weighted by atomic mass is 10.3. The highest BCUT2D eigenvalue weighted by Gasteiger charge is 2.02. The standard InChI is InChI=1S/C6H3ClNO2/c7-5-2-1-3-6(4-5)8(9)10/h1,3-4H. The average molecular weight is 157 g/mol. The summed E-state index contributed by atoms with van der Waals surface area (Å²) in [6, 6.07) is 6.60. The van der Waals surface area contributed by atoms with Gasteiger partial charge in [-0.25, -0.2) is 0 Å². The second kappa shape index (κ2) is 2.66. The number of hydrogen-bond donors (Lipinski definition) is 0. The van der Waals surface area contributed by atoms with Gasteiger partial charge in [0.05, 0.1) is 9.95 Å². The van der Waals surface area contributed by atoms with Crippen molar-refractivity contribution in [3.8, 4) is 0 Å². The van der Waals surface area contributed by atoms with Crippen LogP contribution in [0.3, 0.4) is 0 Å². The van der Waals surface area contributed by atoms with Crippen LogP contribution >= 0.6 is 11.6 Å². The molecule has 1 radical (unpaired) electrons. The summed E-state index contributed by atoms with van der Waals surface area (Å²) in [7, 11) is 0. The Morgan fingerprint density at radius 3 is 2.80 bits per heavy atom. The van der Waals surface area contributed by atoms with Gasteiger partial charge in [-0.15, -0.1) is 0 Å². The zero-order valence-corrected chi connectivity index (χ0v) is 5.63. The molecular formula is C6H3ClNO2. The summed E-state index contributed by atoms with van der Waals surface area (Å²) < 4.78 is 0. The van der Waals surface area contributed by atoms with Crippen LogP contribution in [0.2, 0.25) is 5.02 Å². The first kappa shape index (κ1) is 7.02. The molecule has 0 atom stereocenters. The van der Waals surface area contributed by atoms with Gasteiger partial charge >= 0.3 is 0 Å². The Labute approximate surface area is 62.4 Å². The normalized spacial score (nSPS) is 9.30. The van der Waals surface area contributed by atoms with Crippen molar-refractivity contribution < 1.29 is 4.92 Å². The lowest BCUT2D eigenvalue weighted by Gasteiger charge is -1.88. The number of halogens is 1. The largest absolute Gasteiger partial charge is 0.270 e. The summed E-state index contributed by atoms with van der Waals surface area (Å²) in [5, 5.41) is 10.3. The van der Waals surface area contributed by atoms with Crippen LogP contribution in [0.15, 0.2) is 18.2 Å². The van der Waals surface area contributed by atoms with Crippen molar-refractivity contribution in [2.45, 2.75) is 0 Å². The number of non-ortho nitro benzene ring substituents is 1. The van der Waals surface area contributed by atoms with Crippen LogP contribution in [0, 0.1) is 16.2 Å². The first-order valence-corrected chi connectivity index (χ1v) is 2.89. The third-order valence-corrected chi connectivity index (χ3v) is 1.18. The molecule has 0 heterocycles. The Morgan fingerprint density at radius 1 is 1.70 bits per heavy atom. The molecule has 1 rings (SSSR count). The van der Waals surface area contributed by atoms with Gasteiger partial charge in [0.15, 0.2) is 0 Å². The number of nitro benzene ring substituents is 1. The monoisotopic (exact) mass is 156 g/mol. The zero-order chi connectivity index (χ0) is 7.56. The lowest BCUT2D eigenvalue weighted by molar-refractivity contribution is -0.384. The molecule has 0 aliphatic rings. The van der Waals surface area contributed by atoms with Crippen molar-refractivity contribution in [2.75, 3.05) is 0 Å². The Hall–Kier alpha value is -1.09. The second-order valence-corrected chi connectivity index (χ2v) is 2.06. The lowest BCUT2D eigenvalue weighted by Crippen LogP contribution is -1.85. The SMILES string of the molecule is O=[N+]([O-])c1cc[c]c(Cl)c1. The number of nitro groups is 1. The predicted octanol–water partition coefficient (Wildman–Crippen LogP) is 2.05. The van der Waals surface area contributed by atoms with Crippen LogP contribution in [0.5, 0.6) is 0 Å². The Morgan fingerprint density at radius 2 is 2.40 bits per heavy atom. The summed E-state index contributed by atoms with van der Waals surface area (Å²) in [6.07, 6.45) is 0. The molecule has 0 unspecified atom stereocenters. The molecule has 0 aliphatic carbocycles. The fourth-order valence-electron chi connectivity index (χ4n) is 0.540. The van der Waals surface area contributed by atoms with Gasteiger partial charge in [-0.2, -0.15) is 0 Å². The zero-order valence-electron chi connectivity index (χ0n) is 4.87. The van der Waals surface area contributed by atoms with Crippen LogP contribution in [0.25, 0.3) is 0 Å².